The van der Waals surface area contributed by atoms with Crippen LogP contribution < -0.4 is 0 Å². The number of benzene rings is 4. The van der Waals surface area contributed by atoms with Crippen LogP contribution >= 0.6 is 23.2 Å². The van der Waals surface area contributed by atoms with E-state index in [1.807, 2.05) is 68.4 Å². The number of halogens is 2. The van der Waals surface area contributed by atoms with Gasteiger partial charge in [0.2, 0.25) is 0 Å². The van der Waals surface area contributed by atoms with Gasteiger partial charge in [-0.05, 0) is 49.1 Å². The third-order valence-electron chi connectivity index (χ3n) is 7.53. The Kier molecular flexibility index (Phi) is 10.0. The normalized spacial score (nSPS) is 18.1. The highest BCUT2D eigenvalue weighted by molar-refractivity contribution is 6.35. The minimum Gasteiger partial charge on any atom is -0.390 e. The number of aliphatic hydroxyl groups is 1. The predicted molar refractivity (Wildman–Crippen MR) is 166 cm³/mol. The quantitative estimate of drug-likeness (QED) is 0.167. The molecule has 0 spiro atoms. The molecule has 1 unspecified atom stereocenters. The van der Waals surface area contributed by atoms with Crippen LogP contribution in [0.3, 0.4) is 0 Å². The summed E-state index contributed by atoms with van der Waals surface area (Å²) < 4.78 is 25.1. The molecule has 0 radical (unpaired) electrons. The summed E-state index contributed by atoms with van der Waals surface area (Å²) >= 11 is 12.8. The van der Waals surface area contributed by atoms with E-state index in [2.05, 4.69) is 36.4 Å². The van der Waals surface area contributed by atoms with E-state index in [1.54, 1.807) is 18.2 Å². The number of ether oxygens (including phenoxy) is 4. The maximum absolute atomic E-state index is 11.6. The summed E-state index contributed by atoms with van der Waals surface area (Å²) in [5, 5.41) is 12.6. The van der Waals surface area contributed by atoms with Crippen molar-refractivity contribution in [2.45, 2.75) is 56.6 Å². The van der Waals surface area contributed by atoms with Crippen LogP contribution in [0, 0.1) is 0 Å². The summed E-state index contributed by atoms with van der Waals surface area (Å²) in [5.41, 5.74) is 2.75. The maximum atomic E-state index is 11.6. The zero-order chi connectivity index (χ0) is 29.6. The third kappa shape index (κ3) is 6.90. The fourth-order valence-corrected chi connectivity index (χ4v) is 5.97. The lowest BCUT2D eigenvalue weighted by Crippen LogP contribution is -2.43. The Morgan fingerprint density at radius 1 is 0.810 bits per heavy atom. The van der Waals surface area contributed by atoms with Crippen molar-refractivity contribution in [1.82, 2.24) is 0 Å². The Morgan fingerprint density at radius 2 is 1.31 bits per heavy atom. The van der Waals surface area contributed by atoms with Gasteiger partial charge >= 0.3 is 0 Å². The Morgan fingerprint density at radius 3 is 1.76 bits per heavy atom. The summed E-state index contributed by atoms with van der Waals surface area (Å²) in [6.45, 7) is 4.33. The van der Waals surface area contributed by atoms with Crippen LogP contribution in [0.25, 0.3) is 0 Å². The largest absolute Gasteiger partial charge is 0.390 e. The Hall–Kier alpha value is -2.74. The van der Waals surface area contributed by atoms with E-state index in [4.69, 9.17) is 42.1 Å². The lowest BCUT2D eigenvalue weighted by molar-refractivity contribution is -0.173. The van der Waals surface area contributed by atoms with Crippen molar-refractivity contribution in [1.29, 1.82) is 0 Å². The standard InChI is InChI=1S/C35H36Cl2O5/c1-34(2)41-24-32(42-34)33(39-23-28-29(36)19-12-20-30(28)37)31(38)21-22-40-35(25-13-6-3-7-14-25,26-15-8-4-9-16-26)27-17-10-5-11-18-27/h3-20,31-33,38H,21-24H2,1-2H3/t31?,32-,33+/m1/s1. The summed E-state index contributed by atoms with van der Waals surface area (Å²) in [7, 11) is 0. The summed E-state index contributed by atoms with van der Waals surface area (Å²) in [6, 6.07) is 35.8. The van der Waals surface area contributed by atoms with Gasteiger partial charge in [-0.25, -0.2) is 0 Å². The van der Waals surface area contributed by atoms with Crippen LogP contribution in [0.1, 0.15) is 42.5 Å². The van der Waals surface area contributed by atoms with Crippen LogP contribution in [0.4, 0.5) is 0 Å². The first kappa shape index (κ1) is 30.7. The van der Waals surface area contributed by atoms with Gasteiger partial charge in [0.05, 0.1) is 25.9 Å². The molecule has 1 N–H and O–H groups in total. The van der Waals surface area contributed by atoms with Crippen molar-refractivity contribution in [3.8, 4) is 0 Å². The number of hydrogen-bond acceptors (Lipinski definition) is 5. The molecule has 0 aromatic heterocycles. The molecule has 1 saturated heterocycles. The molecule has 0 saturated carbocycles. The van der Waals surface area contributed by atoms with E-state index in [1.165, 1.54) is 0 Å². The van der Waals surface area contributed by atoms with E-state index in [9.17, 15) is 5.11 Å². The van der Waals surface area contributed by atoms with E-state index >= 15 is 0 Å². The average molecular weight is 608 g/mol. The Bertz CT molecular complexity index is 1300. The topological polar surface area (TPSA) is 57.2 Å². The second kappa shape index (κ2) is 13.7. The van der Waals surface area contributed by atoms with Gasteiger partial charge in [0.15, 0.2) is 5.79 Å². The van der Waals surface area contributed by atoms with Crippen molar-refractivity contribution >= 4 is 23.2 Å². The van der Waals surface area contributed by atoms with Gasteiger partial charge in [-0.1, -0.05) is 120 Å². The van der Waals surface area contributed by atoms with E-state index < -0.39 is 29.7 Å². The van der Waals surface area contributed by atoms with Gasteiger partial charge in [0.1, 0.15) is 17.8 Å². The lowest BCUT2D eigenvalue weighted by atomic mass is 9.80. The van der Waals surface area contributed by atoms with E-state index in [0.717, 1.165) is 16.7 Å². The number of aliphatic hydroxyl groups excluding tert-OH is 1. The van der Waals surface area contributed by atoms with Crippen LogP contribution in [-0.4, -0.2) is 42.4 Å². The molecule has 0 bridgehead atoms. The molecule has 7 heteroatoms. The minimum atomic E-state index is -0.922. The molecular formula is C35H36Cl2O5. The number of hydrogen-bond donors (Lipinski definition) is 1. The van der Waals surface area contributed by atoms with Crippen molar-refractivity contribution in [2.24, 2.45) is 0 Å². The zero-order valence-corrected chi connectivity index (χ0v) is 25.3. The SMILES string of the molecule is CC1(C)OC[C@H]([C@@H](OCc2c(Cl)cccc2Cl)C(O)CCOC(c2ccccc2)(c2ccccc2)c2ccccc2)O1. The fraction of sp³-hybridized carbons (Fsp3) is 0.314. The molecule has 3 atom stereocenters. The van der Waals surface area contributed by atoms with Gasteiger partial charge < -0.3 is 24.1 Å². The summed E-state index contributed by atoms with van der Waals surface area (Å²) in [4.78, 5) is 0. The maximum Gasteiger partial charge on any atom is 0.163 e. The van der Waals surface area contributed by atoms with Gasteiger partial charge in [-0.3, -0.25) is 0 Å². The molecule has 4 aromatic rings. The molecule has 0 amide bonds. The second-order valence-electron chi connectivity index (χ2n) is 10.8. The van der Waals surface area contributed by atoms with Gasteiger partial charge in [-0.15, -0.1) is 0 Å². The van der Waals surface area contributed by atoms with Crippen molar-refractivity contribution in [2.75, 3.05) is 13.2 Å². The molecule has 4 aromatic carbocycles. The zero-order valence-electron chi connectivity index (χ0n) is 23.8. The van der Waals surface area contributed by atoms with Gasteiger partial charge in [0.25, 0.3) is 0 Å². The molecule has 5 nitrogen and oxygen atoms in total. The second-order valence-corrected chi connectivity index (χ2v) is 11.6. The van der Waals surface area contributed by atoms with Crippen LogP contribution in [0.15, 0.2) is 109 Å². The molecule has 220 valence electrons. The van der Waals surface area contributed by atoms with Crippen molar-refractivity contribution < 1.29 is 24.1 Å². The molecule has 1 aliphatic heterocycles. The van der Waals surface area contributed by atoms with Gasteiger partial charge in [0, 0.05) is 15.6 Å². The molecule has 5 rings (SSSR count). The highest BCUT2D eigenvalue weighted by atomic mass is 35.5. The lowest BCUT2D eigenvalue weighted by Gasteiger charge is -2.36. The molecular weight excluding hydrogens is 571 g/mol. The monoisotopic (exact) mass is 606 g/mol. The molecule has 1 heterocycles. The molecule has 0 aliphatic carbocycles. The van der Waals surface area contributed by atoms with Crippen molar-refractivity contribution in [3.63, 3.8) is 0 Å². The Labute approximate surface area is 257 Å². The molecule has 1 aliphatic rings. The van der Waals surface area contributed by atoms with Crippen LogP contribution in [0.5, 0.6) is 0 Å². The minimum absolute atomic E-state index is 0.114. The predicted octanol–water partition coefficient (Wildman–Crippen LogP) is 7.79. The number of rotatable bonds is 12. The first-order valence-corrected chi connectivity index (χ1v) is 14.9. The first-order valence-electron chi connectivity index (χ1n) is 14.1. The summed E-state index contributed by atoms with van der Waals surface area (Å²) in [6.07, 6.45) is -1.83. The van der Waals surface area contributed by atoms with Crippen molar-refractivity contribution in [3.05, 3.63) is 141 Å². The fourth-order valence-electron chi connectivity index (χ4n) is 5.46. The molecule has 1 fully saturated rings. The van der Waals surface area contributed by atoms with Crippen LogP contribution in [-0.2, 0) is 31.2 Å². The van der Waals surface area contributed by atoms with Crippen LogP contribution in [0.2, 0.25) is 10.0 Å². The Balaban J connectivity index is 1.40. The van der Waals surface area contributed by atoms with E-state index in [-0.39, 0.29) is 26.2 Å². The molecule has 42 heavy (non-hydrogen) atoms. The average Bonchev–Trinajstić information content (AvgIpc) is 3.37. The highest BCUT2D eigenvalue weighted by Gasteiger charge is 2.42. The smallest absolute Gasteiger partial charge is 0.163 e. The first-order chi connectivity index (χ1) is 20.3. The van der Waals surface area contributed by atoms with E-state index in [0.29, 0.717) is 15.6 Å². The summed E-state index contributed by atoms with van der Waals surface area (Å²) in [5.74, 6) is -0.784. The highest BCUT2D eigenvalue weighted by Crippen LogP contribution is 2.41. The van der Waals surface area contributed by atoms with Gasteiger partial charge in [-0.2, -0.15) is 0 Å². The third-order valence-corrected chi connectivity index (χ3v) is 8.24.